The molecule has 1 rings (SSSR count). The third kappa shape index (κ3) is 1.16. The Morgan fingerprint density at radius 1 is 1.67 bits per heavy atom. The van der Waals surface area contributed by atoms with Gasteiger partial charge < -0.3 is 0 Å². The normalized spacial score (nSPS) is 33.2. The fraction of sp³-hybridized carbons (Fsp3) is 0.250. The zero-order valence-corrected chi connectivity index (χ0v) is 6.51. The summed E-state index contributed by atoms with van der Waals surface area (Å²) in [7, 11) is 0. The van der Waals surface area contributed by atoms with Gasteiger partial charge in [0.15, 0.2) is 0 Å². The van der Waals surface area contributed by atoms with Crippen molar-refractivity contribution in [1.82, 2.24) is 0 Å². The van der Waals surface area contributed by atoms with Crippen molar-refractivity contribution >= 4 is 0 Å². The minimum atomic E-state index is -1.52. The summed E-state index contributed by atoms with van der Waals surface area (Å²) < 4.78 is 0. The van der Waals surface area contributed by atoms with E-state index in [2.05, 4.69) is 6.58 Å². The van der Waals surface area contributed by atoms with Crippen LogP contribution in [0.5, 0.6) is 0 Å². The maximum atomic E-state index is 10.6. The van der Waals surface area contributed by atoms with Gasteiger partial charge in [0.25, 0.3) is 0 Å². The highest BCUT2D eigenvalue weighted by Crippen LogP contribution is 2.23. The van der Waals surface area contributed by atoms with Crippen LogP contribution in [0.25, 0.3) is 0 Å². The summed E-state index contributed by atoms with van der Waals surface area (Å²) in [6, 6.07) is 0. The molecule has 0 heterocycles. The number of allylic oxidation sites excluding steroid dienone is 2. The Hall–Kier alpha value is -1.42. The van der Waals surface area contributed by atoms with Crippen molar-refractivity contribution in [1.29, 1.82) is 0 Å². The number of rotatable bonds is 2. The molecule has 4 heteroatoms. The van der Waals surface area contributed by atoms with E-state index in [1.54, 1.807) is 18.2 Å². The molecule has 2 unspecified atom stereocenters. The lowest BCUT2D eigenvalue weighted by Crippen LogP contribution is -2.51. The monoisotopic (exact) mass is 166 g/mol. The van der Waals surface area contributed by atoms with Gasteiger partial charge in [-0.25, -0.2) is 0 Å². The van der Waals surface area contributed by atoms with Gasteiger partial charge in [0.1, 0.15) is 0 Å². The molecule has 0 aromatic rings. The van der Waals surface area contributed by atoms with Crippen LogP contribution in [0.15, 0.2) is 37.0 Å². The van der Waals surface area contributed by atoms with Crippen molar-refractivity contribution in [3.8, 4) is 0 Å². The molecule has 2 atom stereocenters. The molecule has 0 saturated carbocycles. The molecule has 0 aromatic carbocycles. The third-order valence-corrected chi connectivity index (χ3v) is 1.90. The van der Waals surface area contributed by atoms with E-state index in [-0.39, 0.29) is 0 Å². The predicted molar refractivity (Wildman–Crippen MR) is 45.9 cm³/mol. The smallest absolute Gasteiger partial charge is 0.262 e. The van der Waals surface area contributed by atoms with E-state index in [0.717, 1.165) is 0 Å². The summed E-state index contributed by atoms with van der Waals surface area (Å²) in [6.45, 7) is 3.49. The van der Waals surface area contributed by atoms with E-state index >= 15 is 0 Å². The van der Waals surface area contributed by atoms with Crippen LogP contribution in [0, 0.1) is 16.0 Å². The van der Waals surface area contributed by atoms with Gasteiger partial charge >= 0.3 is 5.66 Å². The van der Waals surface area contributed by atoms with Crippen molar-refractivity contribution in [2.24, 2.45) is 11.7 Å². The van der Waals surface area contributed by atoms with E-state index in [9.17, 15) is 10.1 Å². The van der Waals surface area contributed by atoms with Crippen LogP contribution in [0.4, 0.5) is 0 Å². The Morgan fingerprint density at radius 3 is 2.75 bits per heavy atom. The molecule has 12 heavy (non-hydrogen) atoms. The largest absolute Gasteiger partial charge is 0.301 e. The van der Waals surface area contributed by atoms with Crippen molar-refractivity contribution in [2.75, 3.05) is 0 Å². The highest BCUT2D eigenvalue weighted by atomic mass is 16.6. The number of nitrogens with two attached hydrogens (primary N) is 1. The fourth-order valence-electron chi connectivity index (χ4n) is 1.11. The molecular weight excluding hydrogens is 156 g/mol. The van der Waals surface area contributed by atoms with Crippen LogP contribution < -0.4 is 5.73 Å². The van der Waals surface area contributed by atoms with Crippen LogP contribution in [-0.4, -0.2) is 10.6 Å². The van der Waals surface area contributed by atoms with Gasteiger partial charge in [-0.3, -0.25) is 15.8 Å². The maximum absolute atomic E-state index is 10.6. The molecular formula is C8H10N2O2. The van der Waals surface area contributed by atoms with E-state index in [1.807, 2.05) is 0 Å². The lowest BCUT2D eigenvalue weighted by molar-refractivity contribution is -0.559. The van der Waals surface area contributed by atoms with Crippen LogP contribution in [0.1, 0.15) is 0 Å². The van der Waals surface area contributed by atoms with Gasteiger partial charge in [-0.15, -0.1) is 6.58 Å². The van der Waals surface area contributed by atoms with E-state index in [0.29, 0.717) is 0 Å². The minimum absolute atomic E-state index is 0.433. The second kappa shape index (κ2) is 2.91. The van der Waals surface area contributed by atoms with Gasteiger partial charge in [-0.1, -0.05) is 24.3 Å². The molecule has 0 spiro atoms. The SMILES string of the molecule is C=CC1C=CC=CC1(N)[N+](=O)[O-]. The van der Waals surface area contributed by atoms with Gasteiger partial charge in [-0.2, -0.15) is 0 Å². The fourth-order valence-corrected chi connectivity index (χ4v) is 1.11. The first-order valence-electron chi connectivity index (χ1n) is 3.53. The van der Waals surface area contributed by atoms with Gasteiger partial charge in [-0.05, 0) is 0 Å². The van der Waals surface area contributed by atoms with E-state index < -0.39 is 16.5 Å². The summed E-state index contributed by atoms with van der Waals surface area (Å²) in [5.41, 5.74) is 4.03. The molecule has 2 N–H and O–H groups in total. The van der Waals surface area contributed by atoms with E-state index in [1.165, 1.54) is 12.2 Å². The second-order valence-electron chi connectivity index (χ2n) is 2.65. The molecule has 64 valence electrons. The molecule has 1 aliphatic carbocycles. The average Bonchev–Trinajstić information content (AvgIpc) is 2.05. The summed E-state index contributed by atoms with van der Waals surface area (Å²) in [5, 5.41) is 10.6. The lowest BCUT2D eigenvalue weighted by atomic mass is 9.90. The summed E-state index contributed by atoms with van der Waals surface area (Å²) in [4.78, 5) is 10.1. The van der Waals surface area contributed by atoms with Crippen LogP contribution in [0.3, 0.4) is 0 Å². The minimum Gasteiger partial charge on any atom is -0.262 e. The average molecular weight is 166 g/mol. The topological polar surface area (TPSA) is 69.2 Å². The summed E-state index contributed by atoms with van der Waals surface area (Å²) >= 11 is 0. The Bertz CT molecular complexity index is 270. The number of nitrogens with zero attached hydrogens (tertiary/aromatic N) is 1. The first kappa shape index (κ1) is 8.67. The van der Waals surface area contributed by atoms with Crippen molar-refractivity contribution in [3.63, 3.8) is 0 Å². The van der Waals surface area contributed by atoms with Crippen LogP contribution in [-0.2, 0) is 0 Å². The summed E-state index contributed by atoms with van der Waals surface area (Å²) in [5.74, 6) is -0.433. The zero-order chi connectivity index (χ0) is 9.19. The molecule has 1 aliphatic rings. The van der Waals surface area contributed by atoms with Crippen molar-refractivity contribution < 1.29 is 4.92 Å². The third-order valence-electron chi connectivity index (χ3n) is 1.90. The first-order chi connectivity index (χ1) is 5.61. The lowest BCUT2D eigenvalue weighted by Gasteiger charge is -2.23. The molecule has 0 fully saturated rings. The summed E-state index contributed by atoms with van der Waals surface area (Å²) in [6.07, 6.45) is 7.81. The second-order valence-corrected chi connectivity index (χ2v) is 2.65. The predicted octanol–water partition coefficient (Wildman–Crippen LogP) is 0.846. The first-order valence-corrected chi connectivity index (χ1v) is 3.53. The molecule has 0 amide bonds. The van der Waals surface area contributed by atoms with Gasteiger partial charge in [0, 0.05) is 11.0 Å². The zero-order valence-electron chi connectivity index (χ0n) is 6.51. The van der Waals surface area contributed by atoms with Gasteiger partial charge in [0.2, 0.25) is 0 Å². The standard InChI is InChI=1S/C8H10N2O2/c1-2-7-5-3-4-6-8(7,9)10(11)12/h2-7H,1,9H2. The van der Waals surface area contributed by atoms with E-state index in [4.69, 9.17) is 5.73 Å². The highest BCUT2D eigenvalue weighted by Gasteiger charge is 2.42. The molecule has 0 aromatic heterocycles. The molecule has 0 bridgehead atoms. The molecule has 0 aliphatic heterocycles. The van der Waals surface area contributed by atoms with Crippen LogP contribution >= 0.6 is 0 Å². The number of nitro groups is 1. The molecule has 4 nitrogen and oxygen atoms in total. The molecule has 0 saturated heterocycles. The number of hydrogen-bond acceptors (Lipinski definition) is 3. The van der Waals surface area contributed by atoms with Crippen molar-refractivity contribution in [2.45, 2.75) is 5.66 Å². The van der Waals surface area contributed by atoms with Crippen molar-refractivity contribution in [3.05, 3.63) is 47.1 Å². The Kier molecular flexibility index (Phi) is 2.10. The number of hydrogen-bond donors (Lipinski definition) is 1. The maximum Gasteiger partial charge on any atom is 0.301 e. The van der Waals surface area contributed by atoms with Crippen LogP contribution in [0.2, 0.25) is 0 Å². The Balaban J connectivity index is 3.02. The Morgan fingerprint density at radius 2 is 2.33 bits per heavy atom. The Labute approximate surface area is 70.2 Å². The molecule has 0 radical (unpaired) electrons. The highest BCUT2D eigenvalue weighted by molar-refractivity contribution is 5.23. The quantitative estimate of drug-likeness (QED) is 0.286. The van der Waals surface area contributed by atoms with Gasteiger partial charge in [0.05, 0.1) is 5.92 Å².